The van der Waals surface area contributed by atoms with E-state index in [1.165, 1.54) is 25.8 Å². The molecular weight excluding hydrogens is 224 g/mol. The van der Waals surface area contributed by atoms with Gasteiger partial charge in [0.25, 0.3) is 0 Å². The van der Waals surface area contributed by atoms with Crippen LogP contribution in [0.25, 0.3) is 0 Å². The maximum atomic E-state index is 11.2. The molecular formula is C15H22N2O. The number of nitrogens with zero attached hydrogens (tertiary/aromatic N) is 1. The Morgan fingerprint density at radius 2 is 2.06 bits per heavy atom. The van der Waals surface area contributed by atoms with Crippen LogP contribution in [0.3, 0.4) is 0 Å². The van der Waals surface area contributed by atoms with Crippen LogP contribution in [-0.2, 0) is 0 Å². The number of Topliss-reactive ketones (excluding diaryl/α,β-unsaturated/α-hetero) is 1. The molecule has 0 aliphatic carbocycles. The van der Waals surface area contributed by atoms with E-state index in [0.717, 1.165) is 17.8 Å². The van der Waals surface area contributed by atoms with Crippen LogP contribution in [0.4, 0.5) is 5.69 Å². The molecule has 0 saturated carbocycles. The predicted molar refractivity (Wildman–Crippen MR) is 75.2 cm³/mol. The molecule has 1 aromatic carbocycles. The first kappa shape index (κ1) is 13.1. The largest absolute Gasteiger partial charge is 0.383 e. The molecule has 1 heterocycles. The van der Waals surface area contributed by atoms with Crippen molar-refractivity contribution < 1.29 is 4.79 Å². The quantitative estimate of drug-likeness (QED) is 0.829. The molecule has 3 nitrogen and oxygen atoms in total. The minimum absolute atomic E-state index is 0.119. The first-order chi connectivity index (χ1) is 8.66. The monoisotopic (exact) mass is 246 g/mol. The van der Waals surface area contributed by atoms with Crippen molar-refractivity contribution in [3.05, 3.63) is 29.8 Å². The van der Waals surface area contributed by atoms with E-state index in [1.807, 2.05) is 24.3 Å². The van der Waals surface area contributed by atoms with Crippen molar-refractivity contribution in [1.82, 2.24) is 4.90 Å². The first-order valence-corrected chi connectivity index (χ1v) is 6.72. The number of rotatable bonds is 4. The minimum atomic E-state index is 0.119. The topological polar surface area (TPSA) is 32.3 Å². The van der Waals surface area contributed by atoms with E-state index in [-0.39, 0.29) is 5.78 Å². The van der Waals surface area contributed by atoms with Gasteiger partial charge < -0.3 is 10.2 Å². The summed E-state index contributed by atoms with van der Waals surface area (Å²) in [5, 5.41) is 3.46. The molecule has 1 saturated heterocycles. The fourth-order valence-electron chi connectivity index (χ4n) is 2.46. The molecule has 0 bridgehead atoms. The second-order valence-electron chi connectivity index (χ2n) is 5.14. The summed E-state index contributed by atoms with van der Waals surface area (Å²) in [4.78, 5) is 13.6. The van der Waals surface area contributed by atoms with Crippen LogP contribution in [0.15, 0.2) is 24.3 Å². The Bertz CT molecular complexity index is 399. The third kappa shape index (κ3) is 3.33. The van der Waals surface area contributed by atoms with Gasteiger partial charge in [-0.3, -0.25) is 4.79 Å². The van der Waals surface area contributed by atoms with Crippen molar-refractivity contribution in [3.63, 3.8) is 0 Å². The van der Waals surface area contributed by atoms with Gasteiger partial charge in [-0.15, -0.1) is 0 Å². The van der Waals surface area contributed by atoms with Crippen molar-refractivity contribution in [2.75, 3.05) is 25.5 Å². The Kier molecular flexibility index (Phi) is 4.37. The van der Waals surface area contributed by atoms with E-state index in [9.17, 15) is 4.79 Å². The molecule has 1 unspecified atom stereocenters. The van der Waals surface area contributed by atoms with Gasteiger partial charge in [-0.2, -0.15) is 0 Å². The Morgan fingerprint density at radius 3 is 2.67 bits per heavy atom. The Labute approximate surface area is 109 Å². The number of likely N-dealkylation sites (tertiary alicyclic amines) is 1. The lowest BCUT2D eigenvalue weighted by Gasteiger charge is -2.32. The highest BCUT2D eigenvalue weighted by molar-refractivity contribution is 5.94. The molecule has 3 heteroatoms. The maximum absolute atomic E-state index is 11.2. The van der Waals surface area contributed by atoms with Gasteiger partial charge in [0.05, 0.1) is 0 Å². The van der Waals surface area contributed by atoms with E-state index in [1.54, 1.807) is 6.92 Å². The summed E-state index contributed by atoms with van der Waals surface area (Å²) in [5.41, 5.74) is 1.87. The van der Waals surface area contributed by atoms with Crippen molar-refractivity contribution in [1.29, 1.82) is 0 Å². The predicted octanol–water partition coefficient (Wildman–Crippen LogP) is 2.79. The first-order valence-electron chi connectivity index (χ1n) is 6.72. The molecule has 1 N–H and O–H groups in total. The van der Waals surface area contributed by atoms with Crippen LogP contribution < -0.4 is 5.32 Å². The summed E-state index contributed by atoms with van der Waals surface area (Å²) in [6.45, 7) is 3.78. The number of anilines is 1. The standard InChI is InChI=1S/C15H22N2O/c1-12(18)13-6-8-14(9-7-13)16-11-15-5-3-4-10-17(15)2/h6-9,15-16H,3-5,10-11H2,1-2H3. The maximum Gasteiger partial charge on any atom is 0.159 e. The van der Waals surface area contributed by atoms with E-state index < -0.39 is 0 Å². The smallest absolute Gasteiger partial charge is 0.159 e. The minimum Gasteiger partial charge on any atom is -0.383 e. The lowest BCUT2D eigenvalue weighted by atomic mass is 10.0. The van der Waals surface area contributed by atoms with Crippen LogP contribution in [0.1, 0.15) is 36.5 Å². The average molecular weight is 246 g/mol. The van der Waals surface area contributed by atoms with Crippen LogP contribution >= 0.6 is 0 Å². The van der Waals surface area contributed by atoms with Crippen molar-refractivity contribution in [2.45, 2.75) is 32.2 Å². The summed E-state index contributed by atoms with van der Waals surface area (Å²) >= 11 is 0. The summed E-state index contributed by atoms with van der Waals surface area (Å²) in [6, 6.07) is 8.37. The molecule has 1 aliphatic heterocycles. The van der Waals surface area contributed by atoms with Crippen LogP contribution in [0, 0.1) is 0 Å². The lowest BCUT2D eigenvalue weighted by molar-refractivity contribution is 0.101. The van der Waals surface area contributed by atoms with Crippen molar-refractivity contribution in [3.8, 4) is 0 Å². The number of benzene rings is 1. The van der Waals surface area contributed by atoms with Gasteiger partial charge in [-0.1, -0.05) is 6.42 Å². The third-order valence-electron chi connectivity index (χ3n) is 3.75. The number of hydrogen-bond acceptors (Lipinski definition) is 3. The fraction of sp³-hybridized carbons (Fsp3) is 0.533. The van der Waals surface area contributed by atoms with Gasteiger partial charge in [-0.05, 0) is 57.6 Å². The molecule has 1 fully saturated rings. The molecule has 1 aromatic rings. The van der Waals surface area contributed by atoms with Crippen molar-refractivity contribution >= 4 is 11.5 Å². The molecule has 0 spiro atoms. The Balaban J connectivity index is 1.87. The van der Waals surface area contributed by atoms with Gasteiger partial charge in [0.2, 0.25) is 0 Å². The van der Waals surface area contributed by atoms with Gasteiger partial charge in [0.1, 0.15) is 0 Å². The van der Waals surface area contributed by atoms with Crippen LogP contribution in [0.5, 0.6) is 0 Å². The third-order valence-corrected chi connectivity index (χ3v) is 3.75. The number of carbonyl (C=O) groups excluding carboxylic acids is 1. The number of likely N-dealkylation sites (N-methyl/N-ethyl adjacent to an activating group) is 1. The van der Waals surface area contributed by atoms with E-state index in [2.05, 4.69) is 17.3 Å². The van der Waals surface area contributed by atoms with Crippen molar-refractivity contribution in [2.24, 2.45) is 0 Å². The molecule has 0 aromatic heterocycles. The van der Waals surface area contributed by atoms with E-state index in [4.69, 9.17) is 0 Å². The molecule has 0 amide bonds. The normalized spacial score (nSPS) is 20.7. The number of piperidine rings is 1. The number of nitrogens with one attached hydrogen (secondary N) is 1. The summed E-state index contributed by atoms with van der Waals surface area (Å²) in [5.74, 6) is 0.119. The molecule has 1 atom stereocenters. The number of ketones is 1. The molecule has 1 aliphatic rings. The lowest BCUT2D eigenvalue weighted by Crippen LogP contribution is -2.40. The molecule has 2 rings (SSSR count). The summed E-state index contributed by atoms with van der Waals surface area (Å²) in [7, 11) is 2.20. The second-order valence-corrected chi connectivity index (χ2v) is 5.14. The van der Waals surface area contributed by atoms with E-state index >= 15 is 0 Å². The zero-order chi connectivity index (χ0) is 13.0. The zero-order valence-electron chi connectivity index (χ0n) is 11.3. The molecule has 98 valence electrons. The zero-order valence-corrected chi connectivity index (χ0v) is 11.3. The highest BCUT2D eigenvalue weighted by atomic mass is 16.1. The molecule has 0 radical (unpaired) electrons. The Hall–Kier alpha value is -1.35. The van der Waals surface area contributed by atoms with Gasteiger partial charge in [0.15, 0.2) is 5.78 Å². The number of hydrogen-bond donors (Lipinski definition) is 1. The van der Waals surface area contributed by atoms with Gasteiger partial charge in [0, 0.05) is 23.8 Å². The molecule has 18 heavy (non-hydrogen) atoms. The highest BCUT2D eigenvalue weighted by Crippen LogP contribution is 2.16. The summed E-state index contributed by atoms with van der Waals surface area (Å²) < 4.78 is 0. The fourth-order valence-corrected chi connectivity index (χ4v) is 2.46. The number of carbonyl (C=O) groups is 1. The summed E-state index contributed by atoms with van der Waals surface area (Å²) in [6.07, 6.45) is 3.93. The van der Waals surface area contributed by atoms with Crippen LogP contribution in [0.2, 0.25) is 0 Å². The Morgan fingerprint density at radius 1 is 1.33 bits per heavy atom. The second kappa shape index (κ2) is 6.01. The van der Waals surface area contributed by atoms with Crippen LogP contribution in [-0.4, -0.2) is 36.9 Å². The SMILES string of the molecule is CC(=O)c1ccc(NCC2CCCCN2C)cc1. The highest BCUT2D eigenvalue weighted by Gasteiger charge is 2.18. The van der Waals surface area contributed by atoms with E-state index in [0.29, 0.717) is 6.04 Å². The van der Waals surface area contributed by atoms with Gasteiger partial charge in [-0.25, -0.2) is 0 Å². The average Bonchev–Trinajstić information content (AvgIpc) is 2.38. The van der Waals surface area contributed by atoms with Gasteiger partial charge >= 0.3 is 0 Å².